The first kappa shape index (κ1) is 24.0. The van der Waals surface area contributed by atoms with Crippen LogP contribution in [0.5, 0.6) is 0 Å². The van der Waals surface area contributed by atoms with Crippen molar-refractivity contribution in [3.63, 3.8) is 0 Å². The van der Waals surface area contributed by atoms with E-state index in [1.54, 1.807) is 43.3 Å². The first-order chi connectivity index (χ1) is 16.4. The lowest BCUT2D eigenvalue weighted by atomic mass is 10.0. The zero-order chi connectivity index (χ0) is 24.0. The smallest absolute Gasteiger partial charge is 0.236 e. The molecule has 1 saturated carbocycles. The number of rotatable bonds is 10. The molecule has 2 N–H and O–H groups in total. The molecule has 0 atom stereocenters. The monoisotopic (exact) mass is 481 g/mol. The van der Waals surface area contributed by atoms with Gasteiger partial charge in [0.15, 0.2) is 0 Å². The number of aryl methyl sites for hydroxylation is 1. The molecule has 3 aromatic rings. The van der Waals surface area contributed by atoms with Gasteiger partial charge in [-0.1, -0.05) is 68.1 Å². The van der Waals surface area contributed by atoms with Crippen LogP contribution in [0.2, 0.25) is 0 Å². The highest BCUT2D eigenvalue weighted by molar-refractivity contribution is 7.91. The van der Waals surface area contributed by atoms with Crippen LogP contribution in [0.3, 0.4) is 0 Å². The second-order valence-electron chi connectivity index (χ2n) is 8.88. The van der Waals surface area contributed by atoms with Crippen LogP contribution in [-0.2, 0) is 27.1 Å². The molecule has 0 aliphatic heterocycles. The Morgan fingerprint density at radius 1 is 1.06 bits per heavy atom. The number of hydrogen-bond donors (Lipinski definition) is 2. The molecular formula is C26H31N3O4S. The molecule has 0 bridgehead atoms. The summed E-state index contributed by atoms with van der Waals surface area (Å²) in [7, 11) is -3.63. The minimum atomic E-state index is -3.63. The number of aromatic nitrogens is 1. The van der Waals surface area contributed by atoms with Gasteiger partial charge in [0.1, 0.15) is 11.5 Å². The van der Waals surface area contributed by atoms with Crippen molar-refractivity contribution in [2.75, 3.05) is 4.72 Å². The number of sulfonamides is 1. The van der Waals surface area contributed by atoms with Crippen LogP contribution in [0.15, 0.2) is 59.0 Å². The van der Waals surface area contributed by atoms with Gasteiger partial charge in [-0.25, -0.2) is 13.4 Å². The number of carbonyl (C=O) groups excluding carboxylic acids is 1. The summed E-state index contributed by atoms with van der Waals surface area (Å²) in [5, 5.41) is 2.94. The molecule has 1 amide bonds. The van der Waals surface area contributed by atoms with Gasteiger partial charge >= 0.3 is 0 Å². The zero-order valence-corrected chi connectivity index (χ0v) is 20.2. The number of benzene rings is 2. The molecular weight excluding hydrogens is 450 g/mol. The average molecular weight is 482 g/mol. The van der Waals surface area contributed by atoms with Gasteiger partial charge in [-0.15, -0.1) is 0 Å². The Bertz CT molecular complexity index is 1220. The maximum atomic E-state index is 12.7. The van der Waals surface area contributed by atoms with Gasteiger partial charge in [0.25, 0.3) is 0 Å². The summed E-state index contributed by atoms with van der Waals surface area (Å²) in [5.41, 5.74) is 2.27. The molecule has 180 valence electrons. The predicted molar refractivity (Wildman–Crippen MR) is 132 cm³/mol. The summed E-state index contributed by atoms with van der Waals surface area (Å²) in [4.78, 5) is 16.8. The number of nitrogens with one attached hydrogen (secondary N) is 2. The molecule has 1 aliphatic rings. The fourth-order valence-electron chi connectivity index (χ4n) is 4.37. The lowest BCUT2D eigenvalue weighted by Gasteiger charge is -2.11. The highest BCUT2D eigenvalue weighted by Crippen LogP contribution is 2.30. The van der Waals surface area contributed by atoms with Gasteiger partial charge in [-0.05, 0) is 37.0 Å². The molecule has 0 radical (unpaired) electrons. The fourth-order valence-corrected chi connectivity index (χ4v) is 5.58. The van der Waals surface area contributed by atoms with E-state index >= 15 is 0 Å². The van der Waals surface area contributed by atoms with E-state index in [9.17, 15) is 13.2 Å². The summed E-state index contributed by atoms with van der Waals surface area (Å²) in [6.45, 7) is 2.07. The summed E-state index contributed by atoms with van der Waals surface area (Å²) in [6.07, 6.45) is 6.47. The van der Waals surface area contributed by atoms with Gasteiger partial charge in [-0.3, -0.25) is 9.52 Å². The van der Waals surface area contributed by atoms with E-state index < -0.39 is 10.0 Å². The molecule has 34 heavy (non-hydrogen) atoms. The molecule has 4 rings (SSSR count). The molecule has 1 aromatic heterocycles. The van der Waals surface area contributed by atoms with Gasteiger partial charge in [0.05, 0.1) is 23.5 Å². The lowest BCUT2D eigenvalue weighted by Crippen LogP contribution is -2.23. The van der Waals surface area contributed by atoms with E-state index in [4.69, 9.17) is 4.42 Å². The number of amides is 1. The summed E-state index contributed by atoms with van der Waals surface area (Å²) in [6, 6.07) is 16.0. The molecule has 1 fully saturated rings. The minimum absolute atomic E-state index is 0.0184. The third kappa shape index (κ3) is 6.47. The van der Waals surface area contributed by atoms with Crippen LogP contribution in [0.25, 0.3) is 11.5 Å². The Balaban J connectivity index is 1.41. The number of nitrogens with zero attached hydrogens (tertiary/aromatic N) is 1. The van der Waals surface area contributed by atoms with Crippen LogP contribution in [0.4, 0.5) is 5.69 Å². The molecule has 0 saturated heterocycles. The van der Waals surface area contributed by atoms with Crippen molar-refractivity contribution >= 4 is 21.6 Å². The van der Waals surface area contributed by atoms with E-state index in [2.05, 4.69) is 15.0 Å². The Kier molecular flexibility index (Phi) is 7.67. The molecule has 0 spiro atoms. The maximum absolute atomic E-state index is 12.7. The standard InChI is InChI=1S/C26H31N3O4S/c1-19-24(17-27-25(30)16-15-20-9-5-6-10-20)28-26(33-19)22-13-7-8-14-23(22)29-34(31,32)18-21-11-3-2-4-12-21/h2-4,7-8,11-14,20,29H,5-6,9-10,15-18H2,1H3,(H,27,30). The zero-order valence-electron chi connectivity index (χ0n) is 19.4. The average Bonchev–Trinajstić information content (AvgIpc) is 3.46. The second-order valence-corrected chi connectivity index (χ2v) is 10.6. The number of anilines is 1. The molecule has 2 aromatic carbocycles. The van der Waals surface area contributed by atoms with E-state index in [0.717, 1.165) is 6.42 Å². The van der Waals surface area contributed by atoms with Crippen molar-refractivity contribution in [1.82, 2.24) is 10.3 Å². The number of hydrogen-bond acceptors (Lipinski definition) is 5. The second kappa shape index (κ2) is 10.9. The van der Waals surface area contributed by atoms with Crippen LogP contribution in [0, 0.1) is 12.8 Å². The summed E-state index contributed by atoms with van der Waals surface area (Å²) < 4.78 is 34.0. The molecule has 1 heterocycles. The summed E-state index contributed by atoms with van der Waals surface area (Å²) in [5.74, 6) is 1.46. The van der Waals surface area contributed by atoms with Crippen molar-refractivity contribution in [2.24, 2.45) is 5.92 Å². The largest absolute Gasteiger partial charge is 0.441 e. The van der Waals surface area contributed by atoms with Crippen molar-refractivity contribution in [2.45, 2.75) is 57.7 Å². The van der Waals surface area contributed by atoms with Crippen LogP contribution < -0.4 is 10.0 Å². The highest BCUT2D eigenvalue weighted by atomic mass is 32.2. The Labute approximate surface area is 201 Å². The first-order valence-electron chi connectivity index (χ1n) is 11.8. The Hall–Kier alpha value is -3.13. The molecule has 0 unspecified atom stereocenters. The Morgan fingerprint density at radius 3 is 2.53 bits per heavy atom. The van der Waals surface area contributed by atoms with Crippen molar-refractivity contribution in [1.29, 1.82) is 0 Å². The van der Waals surface area contributed by atoms with Crippen LogP contribution >= 0.6 is 0 Å². The van der Waals surface area contributed by atoms with Crippen LogP contribution in [0.1, 0.15) is 55.5 Å². The highest BCUT2D eigenvalue weighted by Gasteiger charge is 2.20. The molecule has 7 nitrogen and oxygen atoms in total. The summed E-state index contributed by atoms with van der Waals surface area (Å²) >= 11 is 0. The van der Waals surface area contributed by atoms with E-state index in [0.29, 0.717) is 46.5 Å². The third-order valence-corrected chi connectivity index (χ3v) is 7.47. The van der Waals surface area contributed by atoms with Gasteiger partial charge < -0.3 is 9.73 Å². The number of carbonyl (C=O) groups is 1. The first-order valence-corrected chi connectivity index (χ1v) is 13.4. The van der Waals surface area contributed by atoms with E-state index in [-0.39, 0.29) is 18.2 Å². The van der Waals surface area contributed by atoms with Crippen molar-refractivity contribution in [3.8, 4) is 11.5 Å². The predicted octanol–water partition coefficient (Wildman–Crippen LogP) is 5.18. The van der Waals surface area contributed by atoms with E-state index in [1.807, 2.05) is 18.2 Å². The number of para-hydroxylation sites is 1. The van der Waals surface area contributed by atoms with E-state index in [1.165, 1.54) is 25.7 Å². The topological polar surface area (TPSA) is 101 Å². The Morgan fingerprint density at radius 2 is 1.76 bits per heavy atom. The quantitative estimate of drug-likeness (QED) is 0.416. The number of oxazole rings is 1. The SMILES string of the molecule is Cc1oc(-c2ccccc2NS(=O)(=O)Cc2ccccc2)nc1CNC(=O)CCC1CCCC1. The van der Waals surface area contributed by atoms with Crippen molar-refractivity contribution in [3.05, 3.63) is 71.6 Å². The molecule has 8 heteroatoms. The van der Waals surface area contributed by atoms with Gasteiger partial charge in [-0.2, -0.15) is 0 Å². The maximum Gasteiger partial charge on any atom is 0.236 e. The minimum Gasteiger partial charge on any atom is -0.441 e. The third-order valence-electron chi connectivity index (χ3n) is 6.22. The molecule has 1 aliphatic carbocycles. The van der Waals surface area contributed by atoms with Gasteiger partial charge in [0.2, 0.25) is 21.8 Å². The fraction of sp³-hybridized carbons (Fsp3) is 0.385. The van der Waals surface area contributed by atoms with Crippen LogP contribution in [-0.4, -0.2) is 19.3 Å². The van der Waals surface area contributed by atoms with Gasteiger partial charge in [0, 0.05) is 6.42 Å². The normalized spacial score (nSPS) is 14.3. The van der Waals surface area contributed by atoms with Crippen molar-refractivity contribution < 1.29 is 17.6 Å². The lowest BCUT2D eigenvalue weighted by molar-refractivity contribution is -0.121.